The van der Waals surface area contributed by atoms with E-state index in [9.17, 15) is 0 Å². The minimum Gasteiger partial charge on any atom is -0.327 e. The topological polar surface area (TPSA) is 56.7 Å². The van der Waals surface area contributed by atoms with Crippen LogP contribution in [0.15, 0.2) is 6.33 Å². The first kappa shape index (κ1) is 12.8. The van der Waals surface area contributed by atoms with Crippen LogP contribution in [0, 0.1) is 23.2 Å². The zero-order valence-electron chi connectivity index (χ0n) is 12.5. The van der Waals surface area contributed by atoms with Gasteiger partial charge in [-0.1, -0.05) is 0 Å². The molecule has 0 aromatic carbocycles. The highest BCUT2D eigenvalue weighted by Gasteiger charge is 2.53. The van der Waals surface area contributed by atoms with Crippen molar-refractivity contribution in [2.75, 3.05) is 0 Å². The highest BCUT2D eigenvalue weighted by molar-refractivity contribution is 5.07. The lowest BCUT2D eigenvalue weighted by Gasteiger charge is -2.59. The molecular weight excluding hydrogens is 248 g/mol. The Hall–Kier alpha value is -0.900. The summed E-state index contributed by atoms with van der Waals surface area (Å²) in [5.41, 5.74) is 7.12. The first-order valence-electron chi connectivity index (χ1n) is 8.31. The van der Waals surface area contributed by atoms with Crippen molar-refractivity contribution in [1.82, 2.24) is 14.8 Å². The fourth-order valence-corrected chi connectivity index (χ4v) is 5.76. The zero-order valence-corrected chi connectivity index (χ0v) is 12.5. The van der Waals surface area contributed by atoms with E-state index in [1.165, 1.54) is 38.5 Å². The molecule has 1 atom stereocenters. The van der Waals surface area contributed by atoms with Crippen molar-refractivity contribution in [2.24, 2.45) is 28.9 Å². The third-order valence-electron chi connectivity index (χ3n) is 6.27. The van der Waals surface area contributed by atoms with Gasteiger partial charge in [-0.25, -0.2) is 4.98 Å². The fourth-order valence-electron chi connectivity index (χ4n) is 5.76. The average Bonchev–Trinajstić information content (AvgIpc) is 2.84. The number of aryl methyl sites for hydroxylation is 1. The second kappa shape index (κ2) is 4.55. The van der Waals surface area contributed by atoms with Gasteiger partial charge in [0.05, 0.1) is 0 Å². The molecule has 1 heterocycles. The van der Waals surface area contributed by atoms with Crippen LogP contribution in [0.1, 0.15) is 51.3 Å². The summed E-state index contributed by atoms with van der Waals surface area (Å²) in [6, 6.07) is 0.269. The van der Waals surface area contributed by atoms with Crippen LogP contribution in [0.4, 0.5) is 0 Å². The van der Waals surface area contributed by atoms with Crippen molar-refractivity contribution >= 4 is 0 Å². The average molecular weight is 274 g/mol. The third-order valence-corrected chi connectivity index (χ3v) is 6.27. The van der Waals surface area contributed by atoms with E-state index in [4.69, 9.17) is 5.73 Å². The van der Waals surface area contributed by atoms with Crippen molar-refractivity contribution in [2.45, 2.75) is 64.5 Å². The van der Waals surface area contributed by atoms with Gasteiger partial charge in [0.15, 0.2) is 0 Å². The Morgan fingerprint density at radius 2 is 1.85 bits per heavy atom. The zero-order chi connectivity index (χ0) is 13.7. The largest absolute Gasteiger partial charge is 0.327 e. The predicted molar refractivity (Wildman–Crippen MR) is 78.0 cm³/mol. The van der Waals surface area contributed by atoms with Crippen molar-refractivity contribution in [1.29, 1.82) is 0 Å². The summed E-state index contributed by atoms with van der Waals surface area (Å²) in [7, 11) is 0. The van der Waals surface area contributed by atoms with E-state index in [0.717, 1.165) is 36.5 Å². The maximum atomic E-state index is 6.71. The van der Waals surface area contributed by atoms with Crippen LogP contribution in [0.2, 0.25) is 0 Å². The van der Waals surface area contributed by atoms with Crippen LogP contribution >= 0.6 is 0 Å². The Bertz CT molecular complexity index is 457. The second-order valence-corrected chi connectivity index (χ2v) is 7.58. The molecule has 4 nitrogen and oxygen atoms in total. The predicted octanol–water partition coefficient (Wildman–Crippen LogP) is 2.38. The molecule has 1 unspecified atom stereocenters. The molecule has 4 aliphatic rings. The summed E-state index contributed by atoms with van der Waals surface area (Å²) in [6.07, 6.45) is 11.2. The molecule has 0 saturated heterocycles. The molecule has 1 aromatic rings. The molecule has 1 aromatic heterocycles. The number of hydrogen-bond donors (Lipinski definition) is 1. The Kier molecular flexibility index (Phi) is 2.92. The fraction of sp³-hybridized carbons (Fsp3) is 0.875. The lowest BCUT2D eigenvalue weighted by Crippen LogP contribution is -2.55. The van der Waals surface area contributed by atoms with Gasteiger partial charge in [0.1, 0.15) is 12.2 Å². The monoisotopic (exact) mass is 274 g/mol. The lowest BCUT2D eigenvalue weighted by atomic mass is 9.47. The molecule has 4 aliphatic carbocycles. The number of nitrogens with zero attached hydrogens (tertiary/aromatic N) is 3. The highest BCUT2D eigenvalue weighted by Crippen LogP contribution is 2.61. The molecule has 4 saturated carbocycles. The molecular formula is C16H26N4. The molecule has 4 bridgehead atoms. The lowest BCUT2D eigenvalue weighted by molar-refractivity contribution is -0.0671. The van der Waals surface area contributed by atoms with Crippen LogP contribution in [-0.4, -0.2) is 20.8 Å². The molecule has 0 radical (unpaired) electrons. The molecule has 0 amide bonds. The van der Waals surface area contributed by atoms with E-state index in [0.29, 0.717) is 5.41 Å². The summed E-state index contributed by atoms with van der Waals surface area (Å²) in [5.74, 6) is 3.99. The van der Waals surface area contributed by atoms with Crippen LogP contribution in [0.5, 0.6) is 0 Å². The molecule has 4 fully saturated rings. The van der Waals surface area contributed by atoms with Gasteiger partial charge in [0.2, 0.25) is 0 Å². The number of rotatable bonds is 4. The van der Waals surface area contributed by atoms with Gasteiger partial charge >= 0.3 is 0 Å². The van der Waals surface area contributed by atoms with E-state index in [2.05, 4.69) is 17.0 Å². The van der Waals surface area contributed by atoms with Crippen molar-refractivity contribution < 1.29 is 0 Å². The standard InChI is InChI=1S/C16H26N4/c1-2-20-15(18-10-19-20)6-14(17)16-7-11-3-12(8-16)5-13(4-11)9-16/h10-14H,2-9,17H2,1H3. The van der Waals surface area contributed by atoms with Gasteiger partial charge in [0.25, 0.3) is 0 Å². The van der Waals surface area contributed by atoms with Gasteiger partial charge in [0, 0.05) is 19.0 Å². The summed E-state index contributed by atoms with van der Waals surface area (Å²) < 4.78 is 2.00. The van der Waals surface area contributed by atoms with Gasteiger partial charge in [-0.3, -0.25) is 4.68 Å². The quantitative estimate of drug-likeness (QED) is 0.917. The van der Waals surface area contributed by atoms with E-state index in [1.807, 2.05) is 4.68 Å². The molecule has 0 aliphatic heterocycles. The Morgan fingerprint density at radius 1 is 1.25 bits per heavy atom. The van der Waals surface area contributed by atoms with Gasteiger partial charge in [-0.2, -0.15) is 5.10 Å². The van der Waals surface area contributed by atoms with Crippen molar-refractivity contribution in [3.05, 3.63) is 12.2 Å². The maximum absolute atomic E-state index is 6.71. The molecule has 2 N–H and O–H groups in total. The van der Waals surface area contributed by atoms with Crippen LogP contribution in [0.25, 0.3) is 0 Å². The molecule has 110 valence electrons. The molecule has 0 spiro atoms. The van der Waals surface area contributed by atoms with Crippen molar-refractivity contribution in [3.63, 3.8) is 0 Å². The van der Waals surface area contributed by atoms with Gasteiger partial charge in [-0.15, -0.1) is 0 Å². The minimum absolute atomic E-state index is 0.269. The first-order valence-corrected chi connectivity index (χ1v) is 8.31. The number of hydrogen-bond acceptors (Lipinski definition) is 3. The SMILES string of the molecule is CCn1ncnc1CC(N)C12CC3CC(CC(C3)C1)C2. The second-order valence-electron chi connectivity index (χ2n) is 7.58. The van der Waals surface area contributed by atoms with Gasteiger partial charge in [-0.05, 0) is 68.6 Å². The van der Waals surface area contributed by atoms with E-state index >= 15 is 0 Å². The Balaban J connectivity index is 1.55. The summed E-state index contributed by atoms with van der Waals surface area (Å²) >= 11 is 0. The van der Waals surface area contributed by atoms with E-state index in [-0.39, 0.29) is 6.04 Å². The summed E-state index contributed by atoms with van der Waals surface area (Å²) in [4.78, 5) is 4.43. The number of aromatic nitrogens is 3. The van der Waals surface area contributed by atoms with E-state index < -0.39 is 0 Å². The highest BCUT2D eigenvalue weighted by atomic mass is 15.3. The Labute approximate surface area is 121 Å². The molecule has 5 rings (SSSR count). The normalized spacial score (nSPS) is 40.2. The first-order chi connectivity index (χ1) is 9.68. The minimum atomic E-state index is 0.269. The molecule has 4 heteroatoms. The van der Waals surface area contributed by atoms with Crippen molar-refractivity contribution in [3.8, 4) is 0 Å². The molecule has 20 heavy (non-hydrogen) atoms. The smallest absolute Gasteiger partial charge is 0.138 e. The van der Waals surface area contributed by atoms with Crippen LogP contribution in [0.3, 0.4) is 0 Å². The maximum Gasteiger partial charge on any atom is 0.138 e. The van der Waals surface area contributed by atoms with E-state index in [1.54, 1.807) is 6.33 Å². The Morgan fingerprint density at radius 3 is 2.40 bits per heavy atom. The summed E-state index contributed by atoms with van der Waals surface area (Å²) in [5, 5.41) is 4.28. The summed E-state index contributed by atoms with van der Waals surface area (Å²) in [6.45, 7) is 3.01. The van der Waals surface area contributed by atoms with Crippen LogP contribution < -0.4 is 5.73 Å². The van der Waals surface area contributed by atoms with Crippen LogP contribution in [-0.2, 0) is 13.0 Å². The third kappa shape index (κ3) is 1.92. The number of nitrogens with two attached hydrogens (primary N) is 1. The van der Waals surface area contributed by atoms with Gasteiger partial charge < -0.3 is 5.73 Å².